The Morgan fingerprint density at radius 3 is 2.78 bits per heavy atom. The van der Waals surface area contributed by atoms with Gasteiger partial charge in [-0.25, -0.2) is 4.39 Å². The molecule has 1 N–H and O–H groups in total. The molecule has 1 aromatic carbocycles. The second-order valence-electron chi connectivity index (χ2n) is 9.03. The van der Waals surface area contributed by atoms with Gasteiger partial charge in [-0.3, -0.25) is 9.48 Å². The highest BCUT2D eigenvalue weighted by molar-refractivity contribution is 7.12. The number of alkyl halides is 3. The number of nitriles is 1. The third-order valence-corrected chi connectivity index (χ3v) is 7.79. The van der Waals surface area contributed by atoms with Gasteiger partial charge >= 0.3 is 6.18 Å². The second kappa shape index (κ2) is 9.76. The van der Waals surface area contributed by atoms with Crippen LogP contribution in [0.15, 0.2) is 42.6 Å². The van der Waals surface area contributed by atoms with Crippen LogP contribution in [0.2, 0.25) is 0 Å². The number of carbonyl (C=O) groups excluding carboxylic acids is 1. The minimum Gasteiger partial charge on any atom is -0.333 e. The standard InChI is InChI=1S/C26H23F4N5OS/c1-2-35-13-20(25(33-35)26(28,29)30)24-17(4-3-5-21(24)27)19-12-34(23(36)7-6-15-8-9-32-15)14-22-18(19)10-16(11-31)37-22/h3-7,10,13,15,19,32H,2,8-9,12,14H2,1H3/b7-6+/t15-,19+/m1/s1. The summed E-state index contributed by atoms with van der Waals surface area (Å²) in [6.45, 7) is 3.13. The lowest BCUT2D eigenvalue weighted by molar-refractivity contribution is -0.141. The fourth-order valence-electron chi connectivity index (χ4n) is 4.78. The van der Waals surface area contributed by atoms with Crippen LogP contribution in [0.5, 0.6) is 0 Å². The summed E-state index contributed by atoms with van der Waals surface area (Å²) in [5, 5.41) is 16.4. The van der Waals surface area contributed by atoms with Gasteiger partial charge in [0.25, 0.3) is 0 Å². The van der Waals surface area contributed by atoms with Crippen molar-refractivity contribution in [1.82, 2.24) is 20.0 Å². The number of thiophene rings is 1. The fourth-order valence-corrected chi connectivity index (χ4v) is 5.81. The van der Waals surface area contributed by atoms with Crippen LogP contribution < -0.4 is 5.32 Å². The van der Waals surface area contributed by atoms with Gasteiger partial charge in [0.1, 0.15) is 16.8 Å². The Balaban J connectivity index is 1.62. The summed E-state index contributed by atoms with van der Waals surface area (Å²) >= 11 is 1.23. The van der Waals surface area contributed by atoms with Crippen molar-refractivity contribution in [2.24, 2.45) is 0 Å². The van der Waals surface area contributed by atoms with Gasteiger partial charge in [-0.2, -0.15) is 23.5 Å². The molecule has 11 heteroatoms. The zero-order valence-corrected chi connectivity index (χ0v) is 20.7. The molecule has 0 unspecified atom stereocenters. The van der Waals surface area contributed by atoms with Crippen molar-refractivity contribution < 1.29 is 22.4 Å². The van der Waals surface area contributed by atoms with Gasteiger partial charge in [-0.1, -0.05) is 18.2 Å². The Labute approximate surface area is 214 Å². The van der Waals surface area contributed by atoms with Crippen LogP contribution in [0.3, 0.4) is 0 Å². The lowest BCUT2D eigenvalue weighted by atomic mass is 9.83. The number of fused-ring (bicyclic) bond motifs is 1. The summed E-state index contributed by atoms with van der Waals surface area (Å²) in [5.74, 6) is -1.68. The number of benzene rings is 1. The highest BCUT2D eigenvalue weighted by Gasteiger charge is 2.40. The number of nitrogens with one attached hydrogen (secondary N) is 1. The van der Waals surface area contributed by atoms with E-state index >= 15 is 4.39 Å². The maximum atomic E-state index is 15.4. The molecule has 0 aliphatic carbocycles. The number of aryl methyl sites for hydroxylation is 1. The minimum atomic E-state index is -4.79. The van der Waals surface area contributed by atoms with Crippen LogP contribution in [0, 0.1) is 17.1 Å². The van der Waals surface area contributed by atoms with Gasteiger partial charge in [0.2, 0.25) is 5.91 Å². The van der Waals surface area contributed by atoms with Gasteiger partial charge in [0, 0.05) is 53.3 Å². The van der Waals surface area contributed by atoms with Gasteiger partial charge < -0.3 is 10.2 Å². The van der Waals surface area contributed by atoms with Crippen LogP contribution in [0.4, 0.5) is 17.6 Å². The number of amides is 1. The van der Waals surface area contributed by atoms with Crippen molar-refractivity contribution in [2.45, 2.75) is 44.6 Å². The maximum absolute atomic E-state index is 15.4. The molecule has 2 aliphatic heterocycles. The zero-order valence-electron chi connectivity index (χ0n) is 19.8. The van der Waals surface area contributed by atoms with Crippen molar-refractivity contribution in [3.63, 3.8) is 0 Å². The molecule has 37 heavy (non-hydrogen) atoms. The smallest absolute Gasteiger partial charge is 0.333 e. The van der Waals surface area contributed by atoms with Crippen LogP contribution >= 0.6 is 11.3 Å². The van der Waals surface area contributed by atoms with E-state index in [1.54, 1.807) is 30.0 Å². The number of carbonyl (C=O) groups is 1. The molecule has 2 aromatic heterocycles. The predicted octanol–water partition coefficient (Wildman–Crippen LogP) is 5.05. The molecule has 1 amide bonds. The molecule has 2 atom stereocenters. The van der Waals surface area contributed by atoms with Crippen LogP contribution in [-0.2, 0) is 24.1 Å². The lowest BCUT2D eigenvalue weighted by Gasteiger charge is -2.34. The van der Waals surface area contributed by atoms with Gasteiger partial charge in [0.15, 0.2) is 5.69 Å². The highest BCUT2D eigenvalue weighted by Crippen LogP contribution is 2.45. The first kappa shape index (κ1) is 25.2. The molecule has 1 fully saturated rings. The molecule has 192 valence electrons. The number of nitrogens with zero attached hydrogens (tertiary/aromatic N) is 4. The first-order chi connectivity index (χ1) is 17.7. The number of rotatable bonds is 5. The van der Waals surface area contributed by atoms with Crippen molar-refractivity contribution in [3.8, 4) is 17.2 Å². The molecule has 0 bridgehead atoms. The molecule has 6 nitrogen and oxygen atoms in total. The molecular weight excluding hydrogens is 506 g/mol. The Morgan fingerprint density at radius 2 is 2.14 bits per heavy atom. The topological polar surface area (TPSA) is 74.0 Å². The first-order valence-corrected chi connectivity index (χ1v) is 12.7. The zero-order chi connectivity index (χ0) is 26.3. The minimum absolute atomic E-state index is 0.135. The summed E-state index contributed by atoms with van der Waals surface area (Å²) in [6, 6.07) is 8.09. The number of halogens is 4. The predicted molar refractivity (Wildman–Crippen MR) is 130 cm³/mol. The average Bonchev–Trinajstić information content (AvgIpc) is 3.46. The molecule has 1 saturated heterocycles. The van der Waals surface area contributed by atoms with Crippen molar-refractivity contribution >= 4 is 17.2 Å². The van der Waals surface area contributed by atoms with E-state index in [-0.39, 0.29) is 42.7 Å². The monoisotopic (exact) mass is 529 g/mol. The number of aromatic nitrogens is 2. The third kappa shape index (κ3) is 4.79. The van der Waals surface area contributed by atoms with E-state index in [1.807, 2.05) is 0 Å². The van der Waals surface area contributed by atoms with Crippen LogP contribution in [0.25, 0.3) is 11.1 Å². The summed E-state index contributed by atoms with van der Waals surface area (Å²) in [6.07, 6.45) is 0.656. The second-order valence-corrected chi connectivity index (χ2v) is 10.2. The molecular formula is C26H23F4N5OS. The van der Waals surface area contributed by atoms with Gasteiger partial charge in [-0.05, 0) is 43.1 Å². The summed E-state index contributed by atoms with van der Waals surface area (Å²) in [7, 11) is 0. The van der Waals surface area contributed by atoms with Crippen molar-refractivity contribution in [2.75, 3.05) is 13.1 Å². The largest absolute Gasteiger partial charge is 0.435 e. The van der Waals surface area contributed by atoms with Crippen LogP contribution in [0.1, 0.15) is 45.8 Å². The number of hydrogen-bond donors (Lipinski definition) is 1. The number of hydrogen-bond acceptors (Lipinski definition) is 5. The molecule has 3 aromatic rings. The summed E-state index contributed by atoms with van der Waals surface area (Å²) in [4.78, 5) is 15.8. The van der Waals surface area contributed by atoms with Gasteiger partial charge in [0.05, 0.1) is 6.54 Å². The molecule has 4 heterocycles. The Bertz CT molecular complexity index is 1410. The molecule has 0 spiro atoms. The highest BCUT2D eigenvalue weighted by atomic mass is 32.1. The van der Waals surface area contributed by atoms with E-state index in [0.717, 1.165) is 34.2 Å². The molecule has 0 radical (unpaired) electrons. The Hall–Kier alpha value is -3.49. The lowest BCUT2D eigenvalue weighted by Crippen LogP contribution is -2.42. The van der Waals surface area contributed by atoms with E-state index < -0.39 is 23.6 Å². The normalized spacial score (nSPS) is 19.5. The molecule has 0 saturated carbocycles. The molecule has 2 aliphatic rings. The van der Waals surface area contributed by atoms with E-state index in [9.17, 15) is 23.2 Å². The summed E-state index contributed by atoms with van der Waals surface area (Å²) in [5.41, 5.74) is -0.674. The Morgan fingerprint density at radius 1 is 1.35 bits per heavy atom. The van der Waals surface area contributed by atoms with Crippen LogP contribution in [-0.4, -0.2) is 39.7 Å². The maximum Gasteiger partial charge on any atom is 0.435 e. The fraction of sp³-hybridized carbons (Fsp3) is 0.346. The summed E-state index contributed by atoms with van der Waals surface area (Å²) < 4.78 is 58.3. The van der Waals surface area contributed by atoms with E-state index in [0.29, 0.717) is 10.4 Å². The quantitative estimate of drug-likeness (QED) is 0.371. The molecule has 5 rings (SSSR count). The van der Waals surface area contributed by atoms with Gasteiger partial charge in [-0.15, -0.1) is 11.3 Å². The average molecular weight is 530 g/mol. The van der Waals surface area contributed by atoms with E-state index in [4.69, 9.17) is 0 Å². The van der Waals surface area contributed by atoms with E-state index in [1.165, 1.54) is 29.7 Å². The Kier molecular flexibility index (Phi) is 6.64. The van der Waals surface area contributed by atoms with E-state index in [2.05, 4.69) is 16.5 Å². The van der Waals surface area contributed by atoms with Crippen molar-refractivity contribution in [3.05, 3.63) is 75.0 Å². The third-order valence-electron chi connectivity index (χ3n) is 6.75. The van der Waals surface area contributed by atoms with Crippen molar-refractivity contribution in [1.29, 1.82) is 5.26 Å². The SMILES string of the molecule is CCn1cc(-c2c(F)cccc2[C@@H]2CN(C(=O)/C=C/[C@@H]3CCN3)Cc3sc(C#N)cc32)c(C(F)(F)F)n1. The first-order valence-electron chi connectivity index (χ1n) is 11.9.